The van der Waals surface area contributed by atoms with Crippen molar-refractivity contribution in [2.45, 2.75) is 25.8 Å². The molecule has 2 aromatic heterocycles. The summed E-state index contributed by atoms with van der Waals surface area (Å²) in [5.74, 6) is 1.03. The van der Waals surface area contributed by atoms with Gasteiger partial charge in [-0.1, -0.05) is 18.2 Å². The van der Waals surface area contributed by atoms with Crippen molar-refractivity contribution in [1.29, 1.82) is 0 Å². The minimum atomic E-state index is -0.202. The number of piperidine rings is 3. The van der Waals surface area contributed by atoms with E-state index in [4.69, 9.17) is 0 Å². The summed E-state index contributed by atoms with van der Waals surface area (Å²) in [6.07, 6.45) is 3.90. The molecule has 2 bridgehead atoms. The Morgan fingerprint density at radius 2 is 1.87 bits per heavy atom. The standard InChI is InChI=1S/C23H25N5O2/c1-16-13-21(28(25-16)19-5-3-2-4-6-19)27-14-18(7-8-22(27)29)23(30)24-20-15-26-11-9-17(20)10-12-26/h2-8,13-14,17,20H,9-12,15H2,1H3,(H,24,30). The molecule has 3 aromatic rings. The first-order valence-electron chi connectivity index (χ1n) is 10.5. The number of fused-ring (bicyclic) bond motifs is 3. The molecule has 3 saturated heterocycles. The van der Waals surface area contributed by atoms with Crippen molar-refractivity contribution in [2.24, 2.45) is 5.92 Å². The normalized spacial score (nSPS) is 22.8. The summed E-state index contributed by atoms with van der Waals surface area (Å²) in [6, 6.07) is 14.7. The van der Waals surface area contributed by atoms with E-state index in [0.717, 1.165) is 43.9 Å². The first kappa shape index (κ1) is 18.8. The van der Waals surface area contributed by atoms with Crippen molar-refractivity contribution in [3.63, 3.8) is 0 Å². The molecule has 1 aromatic carbocycles. The topological polar surface area (TPSA) is 72.2 Å². The number of hydrogen-bond acceptors (Lipinski definition) is 4. The van der Waals surface area contributed by atoms with Gasteiger partial charge in [-0.15, -0.1) is 0 Å². The van der Waals surface area contributed by atoms with E-state index in [0.29, 0.717) is 17.3 Å². The number of aryl methyl sites for hydroxylation is 1. The molecule has 3 fully saturated rings. The van der Waals surface area contributed by atoms with Crippen LogP contribution in [0.25, 0.3) is 11.5 Å². The molecule has 1 unspecified atom stereocenters. The number of carbonyl (C=O) groups excluding carboxylic acids is 1. The summed E-state index contributed by atoms with van der Waals surface area (Å²) >= 11 is 0. The lowest BCUT2D eigenvalue weighted by molar-refractivity contribution is 0.0620. The smallest absolute Gasteiger partial charge is 0.256 e. The highest BCUT2D eigenvalue weighted by Gasteiger charge is 2.35. The van der Waals surface area contributed by atoms with E-state index in [-0.39, 0.29) is 17.5 Å². The van der Waals surface area contributed by atoms with E-state index in [9.17, 15) is 9.59 Å². The maximum absolute atomic E-state index is 13.0. The predicted molar refractivity (Wildman–Crippen MR) is 114 cm³/mol. The van der Waals surface area contributed by atoms with Crippen LogP contribution in [0.4, 0.5) is 0 Å². The van der Waals surface area contributed by atoms with Gasteiger partial charge in [-0.25, -0.2) is 4.68 Å². The molecule has 1 amide bonds. The first-order valence-corrected chi connectivity index (χ1v) is 10.5. The fraction of sp³-hybridized carbons (Fsp3) is 0.348. The van der Waals surface area contributed by atoms with Crippen molar-refractivity contribution in [2.75, 3.05) is 19.6 Å². The molecule has 0 radical (unpaired) electrons. The van der Waals surface area contributed by atoms with Crippen molar-refractivity contribution in [3.05, 3.63) is 76.3 Å². The van der Waals surface area contributed by atoms with Crippen LogP contribution in [0.3, 0.4) is 0 Å². The predicted octanol–water partition coefficient (Wildman–Crippen LogP) is 2.16. The van der Waals surface area contributed by atoms with Crippen LogP contribution in [-0.2, 0) is 0 Å². The third kappa shape index (κ3) is 3.45. The lowest BCUT2D eigenvalue weighted by atomic mass is 9.84. The lowest BCUT2D eigenvalue weighted by Crippen LogP contribution is -2.57. The number of para-hydroxylation sites is 1. The van der Waals surface area contributed by atoms with Crippen LogP contribution in [0.5, 0.6) is 0 Å². The number of amides is 1. The van der Waals surface area contributed by atoms with Crippen LogP contribution in [0.15, 0.2) is 59.5 Å². The number of nitrogens with zero attached hydrogens (tertiary/aromatic N) is 4. The number of rotatable bonds is 4. The summed E-state index contributed by atoms with van der Waals surface area (Å²) < 4.78 is 3.23. The Morgan fingerprint density at radius 1 is 1.10 bits per heavy atom. The van der Waals surface area contributed by atoms with Crippen LogP contribution in [0, 0.1) is 12.8 Å². The lowest BCUT2D eigenvalue weighted by Gasteiger charge is -2.44. The van der Waals surface area contributed by atoms with Gasteiger partial charge in [0.25, 0.3) is 11.5 Å². The number of hydrogen-bond donors (Lipinski definition) is 1. The fourth-order valence-electron chi connectivity index (χ4n) is 4.60. The number of aromatic nitrogens is 3. The van der Waals surface area contributed by atoms with Gasteiger partial charge in [0, 0.05) is 30.9 Å². The van der Waals surface area contributed by atoms with Gasteiger partial charge in [0.15, 0.2) is 0 Å². The molecular weight excluding hydrogens is 378 g/mol. The molecule has 154 valence electrons. The van der Waals surface area contributed by atoms with Crippen molar-refractivity contribution in [3.8, 4) is 11.5 Å². The Hall–Kier alpha value is -3.19. The summed E-state index contributed by atoms with van der Waals surface area (Å²) in [6.45, 7) is 5.06. The van der Waals surface area contributed by atoms with Crippen molar-refractivity contribution in [1.82, 2.24) is 24.6 Å². The van der Waals surface area contributed by atoms with Crippen molar-refractivity contribution >= 4 is 5.91 Å². The molecule has 1 atom stereocenters. The summed E-state index contributed by atoms with van der Waals surface area (Å²) in [5, 5.41) is 7.74. The maximum Gasteiger partial charge on any atom is 0.256 e. The van der Waals surface area contributed by atoms with Gasteiger partial charge in [0.05, 0.1) is 16.9 Å². The largest absolute Gasteiger partial charge is 0.348 e. The summed E-state index contributed by atoms with van der Waals surface area (Å²) in [5.41, 5.74) is 1.92. The highest BCUT2D eigenvalue weighted by molar-refractivity contribution is 5.94. The Morgan fingerprint density at radius 3 is 2.57 bits per heavy atom. The molecule has 7 nitrogen and oxygen atoms in total. The molecule has 30 heavy (non-hydrogen) atoms. The monoisotopic (exact) mass is 403 g/mol. The number of nitrogens with one attached hydrogen (secondary N) is 1. The Bertz CT molecular complexity index is 1130. The third-order valence-electron chi connectivity index (χ3n) is 6.21. The highest BCUT2D eigenvalue weighted by Crippen LogP contribution is 2.27. The van der Waals surface area contributed by atoms with Gasteiger partial charge in [0.2, 0.25) is 0 Å². The van der Waals surface area contributed by atoms with E-state index >= 15 is 0 Å². The molecular formula is C23H25N5O2. The van der Waals surface area contributed by atoms with Gasteiger partial charge in [-0.3, -0.25) is 14.2 Å². The molecule has 0 aliphatic carbocycles. The zero-order valence-corrected chi connectivity index (χ0v) is 17.0. The SMILES string of the molecule is Cc1cc(-n2cc(C(=O)NC3CN4CCC3CC4)ccc2=O)n(-c2ccccc2)n1. The molecule has 1 N–H and O–H groups in total. The average Bonchev–Trinajstić information content (AvgIpc) is 3.17. The van der Waals surface area contributed by atoms with E-state index in [2.05, 4.69) is 15.3 Å². The van der Waals surface area contributed by atoms with Crippen LogP contribution in [-0.4, -0.2) is 50.8 Å². The summed E-state index contributed by atoms with van der Waals surface area (Å²) in [4.78, 5) is 28.1. The third-order valence-corrected chi connectivity index (χ3v) is 6.21. The molecule has 0 saturated carbocycles. The zero-order chi connectivity index (χ0) is 20.7. The van der Waals surface area contributed by atoms with E-state index in [1.165, 1.54) is 10.6 Å². The molecule has 3 aliphatic heterocycles. The highest BCUT2D eigenvalue weighted by atomic mass is 16.2. The molecule has 6 rings (SSSR count). The number of benzene rings is 1. The summed E-state index contributed by atoms with van der Waals surface area (Å²) in [7, 11) is 0. The second kappa shape index (κ2) is 7.57. The molecule has 3 aliphatic rings. The van der Waals surface area contributed by atoms with Gasteiger partial charge in [-0.05, 0) is 57.0 Å². The second-order valence-corrected chi connectivity index (χ2v) is 8.24. The van der Waals surface area contributed by atoms with Crippen molar-refractivity contribution < 1.29 is 4.79 Å². The fourth-order valence-corrected chi connectivity index (χ4v) is 4.60. The van der Waals surface area contributed by atoms with Crippen LogP contribution in [0.2, 0.25) is 0 Å². The second-order valence-electron chi connectivity index (χ2n) is 8.24. The first-order chi connectivity index (χ1) is 14.6. The van der Waals surface area contributed by atoms with E-state index in [1.807, 2.05) is 43.3 Å². The van der Waals surface area contributed by atoms with Gasteiger partial charge >= 0.3 is 0 Å². The van der Waals surface area contributed by atoms with Gasteiger partial charge < -0.3 is 10.2 Å². The molecule has 5 heterocycles. The average molecular weight is 403 g/mol. The Labute approximate surface area is 174 Å². The maximum atomic E-state index is 13.0. The van der Waals surface area contributed by atoms with Crippen LogP contribution >= 0.6 is 0 Å². The molecule has 7 heteroatoms. The Balaban J connectivity index is 1.46. The van der Waals surface area contributed by atoms with Crippen LogP contribution in [0.1, 0.15) is 28.9 Å². The zero-order valence-electron chi connectivity index (χ0n) is 17.0. The Kier molecular flexibility index (Phi) is 4.75. The minimum Gasteiger partial charge on any atom is -0.348 e. The van der Waals surface area contributed by atoms with Gasteiger partial charge in [0.1, 0.15) is 5.82 Å². The van der Waals surface area contributed by atoms with E-state index in [1.54, 1.807) is 16.9 Å². The van der Waals surface area contributed by atoms with Gasteiger partial charge in [-0.2, -0.15) is 5.10 Å². The molecule has 0 spiro atoms. The van der Waals surface area contributed by atoms with E-state index < -0.39 is 0 Å². The number of carbonyl (C=O) groups is 1. The number of pyridine rings is 1. The van der Waals surface area contributed by atoms with Crippen LogP contribution < -0.4 is 10.9 Å². The minimum absolute atomic E-state index is 0.134. The quantitative estimate of drug-likeness (QED) is 0.725.